The van der Waals surface area contributed by atoms with Gasteiger partial charge in [-0.3, -0.25) is 0 Å². The average molecular weight is 264 g/mol. The Labute approximate surface area is 108 Å². The number of anilines is 2. The molecule has 0 saturated heterocycles. The van der Waals surface area contributed by atoms with Crippen LogP contribution in [0.1, 0.15) is 23.1 Å². The third kappa shape index (κ3) is 3.01. The second-order valence-electron chi connectivity index (χ2n) is 3.42. The van der Waals surface area contributed by atoms with Crippen LogP contribution in [0.5, 0.6) is 0 Å². The molecule has 1 N–H and O–H groups in total. The van der Waals surface area contributed by atoms with Gasteiger partial charge in [0.25, 0.3) is 0 Å². The number of aromatic nitrogens is 3. The van der Waals surface area contributed by atoms with Crippen LogP contribution < -0.4 is 5.32 Å². The van der Waals surface area contributed by atoms with Gasteiger partial charge < -0.3 is 10.1 Å². The molecule has 7 heteroatoms. The summed E-state index contributed by atoms with van der Waals surface area (Å²) in [6, 6.07) is 3.35. The molecule has 0 bridgehead atoms. The molecule has 0 aliphatic carbocycles. The fourth-order valence-corrected chi connectivity index (χ4v) is 1.84. The van der Waals surface area contributed by atoms with Crippen molar-refractivity contribution in [1.29, 1.82) is 0 Å². The molecule has 2 aromatic heterocycles. The van der Waals surface area contributed by atoms with Crippen molar-refractivity contribution < 1.29 is 9.53 Å². The van der Waals surface area contributed by atoms with Crippen LogP contribution in [-0.4, -0.2) is 26.9 Å². The summed E-state index contributed by atoms with van der Waals surface area (Å²) in [7, 11) is 0. The molecule has 0 amide bonds. The summed E-state index contributed by atoms with van der Waals surface area (Å²) in [5, 5.41) is 3.67. The molecule has 2 rings (SSSR count). The van der Waals surface area contributed by atoms with Gasteiger partial charge in [-0.05, 0) is 26.0 Å². The number of nitrogens with zero attached hydrogens (tertiary/aromatic N) is 3. The van der Waals surface area contributed by atoms with E-state index in [-0.39, 0.29) is 5.97 Å². The number of hydrogen-bond acceptors (Lipinski definition) is 7. The first-order valence-electron chi connectivity index (χ1n) is 5.39. The molecule has 0 saturated carbocycles. The Morgan fingerprint density at radius 3 is 2.89 bits per heavy atom. The Balaban J connectivity index is 2.05. The number of pyridine rings is 1. The van der Waals surface area contributed by atoms with Crippen molar-refractivity contribution >= 4 is 28.5 Å². The summed E-state index contributed by atoms with van der Waals surface area (Å²) in [5.74, 6) is 0.952. The zero-order valence-corrected chi connectivity index (χ0v) is 10.8. The Hall–Kier alpha value is -2.02. The zero-order chi connectivity index (χ0) is 13.0. The molecule has 18 heavy (non-hydrogen) atoms. The number of hydrogen-bond donors (Lipinski definition) is 1. The summed E-state index contributed by atoms with van der Waals surface area (Å²) in [6.45, 7) is 3.93. The predicted molar refractivity (Wildman–Crippen MR) is 68.1 cm³/mol. The van der Waals surface area contributed by atoms with Gasteiger partial charge in [0.05, 0.1) is 12.2 Å². The van der Waals surface area contributed by atoms with Gasteiger partial charge in [0.15, 0.2) is 0 Å². The summed E-state index contributed by atoms with van der Waals surface area (Å²) >= 11 is 1.26. The third-order valence-electron chi connectivity index (χ3n) is 2.04. The number of aryl methyl sites for hydroxylation is 1. The van der Waals surface area contributed by atoms with Crippen LogP contribution in [0.15, 0.2) is 18.3 Å². The monoisotopic (exact) mass is 264 g/mol. The molecule has 94 valence electrons. The van der Waals surface area contributed by atoms with Crippen LogP contribution >= 0.6 is 11.5 Å². The van der Waals surface area contributed by atoms with Crippen LogP contribution in [0.3, 0.4) is 0 Å². The summed E-state index contributed by atoms with van der Waals surface area (Å²) in [6.07, 6.45) is 1.47. The first-order valence-corrected chi connectivity index (χ1v) is 6.17. The Morgan fingerprint density at radius 1 is 1.50 bits per heavy atom. The molecule has 0 fully saturated rings. The quantitative estimate of drug-likeness (QED) is 0.853. The second-order valence-corrected chi connectivity index (χ2v) is 4.18. The molecule has 0 radical (unpaired) electrons. The van der Waals surface area contributed by atoms with Crippen molar-refractivity contribution in [3.8, 4) is 0 Å². The first-order chi connectivity index (χ1) is 8.69. The maximum absolute atomic E-state index is 11.4. The van der Waals surface area contributed by atoms with Gasteiger partial charge in [-0.1, -0.05) is 0 Å². The molecule has 2 aromatic rings. The van der Waals surface area contributed by atoms with Crippen molar-refractivity contribution in [3.63, 3.8) is 0 Å². The molecule has 0 unspecified atom stereocenters. The van der Waals surface area contributed by atoms with E-state index < -0.39 is 0 Å². The van der Waals surface area contributed by atoms with Crippen LogP contribution in [0, 0.1) is 6.92 Å². The smallest absolute Gasteiger partial charge is 0.339 e. The van der Waals surface area contributed by atoms with Gasteiger partial charge in [-0.25, -0.2) is 14.8 Å². The van der Waals surface area contributed by atoms with Crippen LogP contribution in [0.4, 0.5) is 10.9 Å². The fourth-order valence-electron chi connectivity index (χ4n) is 1.26. The van der Waals surface area contributed by atoms with E-state index in [0.717, 1.165) is 0 Å². The SMILES string of the molecule is CCOC(=O)c1ccc(Nc2nc(C)ns2)nc1. The molecule has 0 atom stereocenters. The van der Waals surface area contributed by atoms with Gasteiger partial charge >= 0.3 is 5.97 Å². The van der Waals surface area contributed by atoms with Crippen LogP contribution in [0.25, 0.3) is 0 Å². The number of ether oxygens (including phenoxy) is 1. The van der Waals surface area contributed by atoms with Gasteiger partial charge in [0, 0.05) is 17.7 Å². The lowest BCUT2D eigenvalue weighted by molar-refractivity contribution is 0.0526. The topological polar surface area (TPSA) is 77.0 Å². The number of carbonyl (C=O) groups is 1. The van der Waals surface area contributed by atoms with E-state index in [1.807, 2.05) is 6.92 Å². The molecule has 0 spiro atoms. The van der Waals surface area contributed by atoms with Crippen molar-refractivity contribution in [2.75, 3.05) is 11.9 Å². The van der Waals surface area contributed by atoms with Crippen LogP contribution in [0.2, 0.25) is 0 Å². The summed E-state index contributed by atoms with van der Waals surface area (Å²) in [5.41, 5.74) is 0.427. The van der Waals surface area contributed by atoms with Gasteiger partial charge in [-0.15, -0.1) is 0 Å². The third-order valence-corrected chi connectivity index (χ3v) is 2.76. The molecular weight excluding hydrogens is 252 g/mol. The van der Waals surface area contributed by atoms with E-state index in [1.165, 1.54) is 17.7 Å². The average Bonchev–Trinajstić information content (AvgIpc) is 2.76. The first kappa shape index (κ1) is 12.4. The zero-order valence-electron chi connectivity index (χ0n) is 10.0. The van der Waals surface area contributed by atoms with E-state index in [1.54, 1.807) is 19.1 Å². The summed E-state index contributed by atoms with van der Waals surface area (Å²) in [4.78, 5) is 19.7. The summed E-state index contributed by atoms with van der Waals surface area (Å²) < 4.78 is 8.92. The van der Waals surface area contributed by atoms with Crippen molar-refractivity contribution in [1.82, 2.24) is 14.3 Å². The van der Waals surface area contributed by atoms with E-state index >= 15 is 0 Å². The Morgan fingerprint density at radius 2 is 2.33 bits per heavy atom. The predicted octanol–water partition coefficient (Wildman–Crippen LogP) is 2.16. The lowest BCUT2D eigenvalue weighted by Gasteiger charge is -2.03. The number of esters is 1. The minimum absolute atomic E-state index is 0.350. The molecule has 0 aliphatic heterocycles. The lowest BCUT2D eigenvalue weighted by Crippen LogP contribution is -2.05. The van der Waals surface area contributed by atoms with Crippen molar-refractivity contribution in [2.45, 2.75) is 13.8 Å². The highest BCUT2D eigenvalue weighted by atomic mass is 32.1. The van der Waals surface area contributed by atoms with E-state index in [4.69, 9.17) is 4.74 Å². The lowest BCUT2D eigenvalue weighted by atomic mass is 10.3. The van der Waals surface area contributed by atoms with Gasteiger partial charge in [-0.2, -0.15) is 4.37 Å². The minimum Gasteiger partial charge on any atom is -0.462 e. The molecule has 6 nitrogen and oxygen atoms in total. The van der Waals surface area contributed by atoms with E-state index in [0.29, 0.717) is 28.9 Å². The molecule has 2 heterocycles. The largest absolute Gasteiger partial charge is 0.462 e. The maximum Gasteiger partial charge on any atom is 0.339 e. The highest BCUT2D eigenvalue weighted by Crippen LogP contribution is 2.16. The number of nitrogens with one attached hydrogen (secondary N) is 1. The Kier molecular flexibility index (Phi) is 3.83. The molecule has 0 aromatic carbocycles. The Bertz CT molecular complexity index is 538. The van der Waals surface area contributed by atoms with Gasteiger partial charge in [0.2, 0.25) is 5.13 Å². The normalized spacial score (nSPS) is 10.1. The molecular formula is C11H12N4O2S. The van der Waals surface area contributed by atoms with Crippen molar-refractivity contribution in [3.05, 3.63) is 29.7 Å². The van der Waals surface area contributed by atoms with Crippen LogP contribution in [-0.2, 0) is 4.74 Å². The standard InChI is InChI=1S/C11H12N4O2S/c1-3-17-10(16)8-4-5-9(12-6-8)14-11-13-7(2)15-18-11/h4-6H,3H2,1-2H3,(H,12,13,14,15). The molecule has 0 aliphatic rings. The highest BCUT2D eigenvalue weighted by Gasteiger charge is 2.07. The van der Waals surface area contributed by atoms with E-state index in [9.17, 15) is 4.79 Å². The number of carbonyl (C=O) groups excluding carboxylic acids is 1. The fraction of sp³-hybridized carbons (Fsp3) is 0.273. The maximum atomic E-state index is 11.4. The van der Waals surface area contributed by atoms with Gasteiger partial charge in [0.1, 0.15) is 11.6 Å². The highest BCUT2D eigenvalue weighted by molar-refractivity contribution is 7.09. The second kappa shape index (κ2) is 5.54. The van der Waals surface area contributed by atoms with E-state index in [2.05, 4.69) is 19.7 Å². The minimum atomic E-state index is -0.372. The van der Waals surface area contributed by atoms with Crippen molar-refractivity contribution in [2.24, 2.45) is 0 Å². The number of rotatable bonds is 4.